The lowest BCUT2D eigenvalue weighted by Crippen LogP contribution is -2.30. The Kier molecular flexibility index (Phi) is 57.3. The average molecular weight is 1000 g/mol. The molecule has 6 nitrogen and oxygen atoms in total. The van der Waals surface area contributed by atoms with Crippen molar-refractivity contribution in [3.05, 3.63) is 85.1 Å². The standard InChI is InChI=1S/C66H114O6/c1-4-7-10-13-16-19-22-25-27-28-29-30-31-32-33-34-35-36-37-38-40-41-44-47-50-53-56-59-65(68)71-62-63(61-70-64(67)58-55-52-49-46-43-24-21-18-15-12-9-6-3)72-66(69)60-57-54-51-48-45-42-39-26-23-20-17-14-11-8-5-2/h8,11,17,20,22,25-26,28-29,39,45,48,54,57,63H,4-7,9-10,12-16,18-19,21,23-24,27,30-38,40-44,46-47,49-53,55-56,58-62H2,1-3H3/b11-8-,20-17-,25-22-,29-28-,39-26-,48-45-,57-54-. The molecule has 0 aliphatic heterocycles. The van der Waals surface area contributed by atoms with Crippen molar-refractivity contribution < 1.29 is 28.6 Å². The number of ether oxygens (including phenoxy) is 3. The fourth-order valence-corrected chi connectivity index (χ4v) is 8.61. The Hall–Kier alpha value is -3.41. The zero-order valence-electron chi connectivity index (χ0n) is 47.4. The van der Waals surface area contributed by atoms with E-state index in [2.05, 4.69) is 93.7 Å². The van der Waals surface area contributed by atoms with Crippen LogP contribution >= 0.6 is 0 Å². The van der Waals surface area contributed by atoms with Gasteiger partial charge in [0.05, 0.1) is 6.42 Å². The van der Waals surface area contributed by atoms with Crippen molar-refractivity contribution in [2.45, 2.75) is 303 Å². The number of rotatable bonds is 55. The summed E-state index contributed by atoms with van der Waals surface area (Å²) in [4.78, 5) is 38.1. The smallest absolute Gasteiger partial charge is 0.310 e. The molecule has 6 heteroatoms. The summed E-state index contributed by atoms with van der Waals surface area (Å²) in [7, 11) is 0. The molecule has 0 amide bonds. The van der Waals surface area contributed by atoms with Crippen LogP contribution in [0.25, 0.3) is 0 Å². The third-order valence-corrected chi connectivity index (χ3v) is 13.2. The molecule has 0 aromatic heterocycles. The molecule has 0 spiro atoms. The van der Waals surface area contributed by atoms with Crippen molar-refractivity contribution in [1.29, 1.82) is 0 Å². The zero-order chi connectivity index (χ0) is 52.2. The summed E-state index contributed by atoms with van der Waals surface area (Å²) < 4.78 is 16.8. The van der Waals surface area contributed by atoms with Crippen LogP contribution in [0, 0.1) is 0 Å². The molecule has 0 heterocycles. The summed E-state index contributed by atoms with van der Waals surface area (Å²) in [5, 5.41) is 0. The van der Waals surface area contributed by atoms with E-state index in [-0.39, 0.29) is 31.6 Å². The van der Waals surface area contributed by atoms with Gasteiger partial charge in [-0.05, 0) is 77.0 Å². The SMILES string of the molecule is CC/C=C\C/C=C\C/C=C\C/C=C\C/C=C\CC(=O)OC(COC(=O)CCCCCCCCCCCCCC)COC(=O)CCCCCCCCCCCCCCCCC/C=C\C/C=C\CCCCCCC. The van der Waals surface area contributed by atoms with E-state index in [4.69, 9.17) is 14.2 Å². The molecule has 0 aliphatic carbocycles. The van der Waals surface area contributed by atoms with Gasteiger partial charge in [-0.15, -0.1) is 0 Å². The molecule has 0 N–H and O–H groups in total. The Balaban J connectivity index is 4.28. The molecule has 0 fully saturated rings. The van der Waals surface area contributed by atoms with E-state index in [0.717, 1.165) is 77.0 Å². The van der Waals surface area contributed by atoms with Crippen molar-refractivity contribution in [2.75, 3.05) is 13.2 Å². The number of carbonyl (C=O) groups excluding carboxylic acids is 3. The maximum absolute atomic E-state index is 12.8. The van der Waals surface area contributed by atoms with Crippen LogP contribution in [0.3, 0.4) is 0 Å². The largest absolute Gasteiger partial charge is 0.462 e. The van der Waals surface area contributed by atoms with Crippen LogP contribution in [0.4, 0.5) is 0 Å². The van der Waals surface area contributed by atoms with Gasteiger partial charge in [-0.3, -0.25) is 14.4 Å². The second kappa shape index (κ2) is 60.1. The molecule has 0 aromatic carbocycles. The number of hydrogen-bond acceptors (Lipinski definition) is 6. The quantitative estimate of drug-likeness (QED) is 0.0261. The first kappa shape index (κ1) is 68.6. The highest BCUT2D eigenvalue weighted by Crippen LogP contribution is 2.16. The number of unbranched alkanes of at least 4 members (excludes halogenated alkanes) is 31. The van der Waals surface area contributed by atoms with E-state index >= 15 is 0 Å². The number of allylic oxidation sites excluding steroid dienone is 13. The molecule has 0 aromatic rings. The highest BCUT2D eigenvalue weighted by molar-refractivity contribution is 5.72. The van der Waals surface area contributed by atoms with Crippen molar-refractivity contribution in [3.8, 4) is 0 Å². The van der Waals surface area contributed by atoms with Gasteiger partial charge in [0.25, 0.3) is 0 Å². The minimum Gasteiger partial charge on any atom is -0.462 e. The molecule has 1 atom stereocenters. The fraction of sp³-hybridized carbons (Fsp3) is 0.742. The lowest BCUT2D eigenvalue weighted by atomic mass is 10.0. The summed E-state index contributed by atoms with van der Waals surface area (Å²) in [5.41, 5.74) is 0. The first-order valence-corrected chi connectivity index (χ1v) is 30.6. The Labute approximate surface area is 445 Å². The normalized spacial score (nSPS) is 12.7. The van der Waals surface area contributed by atoms with Crippen LogP contribution in [0.15, 0.2) is 85.1 Å². The van der Waals surface area contributed by atoms with Crippen molar-refractivity contribution in [3.63, 3.8) is 0 Å². The second-order valence-electron chi connectivity index (χ2n) is 20.3. The van der Waals surface area contributed by atoms with E-state index in [1.54, 1.807) is 6.08 Å². The van der Waals surface area contributed by atoms with E-state index in [9.17, 15) is 14.4 Å². The third-order valence-electron chi connectivity index (χ3n) is 13.2. The molecule has 0 saturated carbocycles. The van der Waals surface area contributed by atoms with Crippen LogP contribution in [0.2, 0.25) is 0 Å². The van der Waals surface area contributed by atoms with E-state index in [1.165, 1.54) is 180 Å². The van der Waals surface area contributed by atoms with Crippen molar-refractivity contribution >= 4 is 17.9 Å². The van der Waals surface area contributed by atoms with Crippen molar-refractivity contribution in [1.82, 2.24) is 0 Å². The van der Waals surface area contributed by atoms with Gasteiger partial charge in [0.2, 0.25) is 0 Å². The predicted molar refractivity (Wildman–Crippen MR) is 311 cm³/mol. The molecule has 72 heavy (non-hydrogen) atoms. The molecular weight excluding hydrogens is 889 g/mol. The maximum Gasteiger partial charge on any atom is 0.310 e. The average Bonchev–Trinajstić information content (AvgIpc) is 3.38. The minimum absolute atomic E-state index is 0.0988. The van der Waals surface area contributed by atoms with E-state index in [0.29, 0.717) is 12.8 Å². The summed E-state index contributed by atoms with van der Waals surface area (Å²) >= 11 is 0. The van der Waals surface area contributed by atoms with Crippen LogP contribution in [-0.4, -0.2) is 37.2 Å². The van der Waals surface area contributed by atoms with Gasteiger partial charge >= 0.3 is 17.9 Å². The lowest BCUT2D eigenvalue weighted by molar-refractivity contribution is -0.166. The molecule has 0 radical (unpaired) electrons. The fourth-order valence-electron chi connectivity index (χ4n) is 8.61. The molecular formula is C66H114O6. The summed E-state index contributed by atoms with van der Waals surface area (Å²) in [6.07, 6.45) is 79.1. The molecule has 0 bridgehead atoms. The van der Waals surface area contributed by atoms with Crippen LogP contribution < -0.4 is 0 Å². The topological polar surface area (TPSA) is 78.9 Å². The molecule has 0 saturated heterocycles. The van der Waals surface area contributed by atoms with Gasteiger partial charge in [0.1, 0.15) is 13.2 Å². The number of esters is 3. The maximum atomic E-state index is 12.8. The summed E-state index contributed by atoms with van der Waals surface area (Å²) in [5.74, 6) is -1.03. The highest BCUT2D eigenvalue weighted by atomic mass is 16.6. The molecule has 1 unspecified atom stereocenters. The predicted octanol–water partition coefficient (Wildman–Crippen LogP) is 20.7. The Morgan fingerprint density at radius 2 is 0.583 bits per heavy atom. The van der Waals surface area contributed by atoms with Crippen molar-refractivity contribution in [2.24, 2.45) is 0 Å². The van der Waals surface area contributed by atoms with Gasteiger partial charge in [0, 0.05) is 12.8 Å². The first-order valence-electron chi connectivity index (χ1n) is 30.6. The number of hydrogen-bond donors (Lipinski definition) is 0. The van der Waals surface area contributed by atoms with Gasteiger partial charge in [-0.2, -0.15) is 0 Å². The monoisotopic (exact) mass is 1000 g/mol. The molecule has 0 aliphatic rings. The van der Waals surface area contributed by atoms with Crippen LogP contribution in [0.1, 0.15) is 297 Å². The van der Waals surface area contributed by atoms with Gasteiger partial charge < -0.3 is 14.2 Å². The second-order valence-corrected chi connectivity index (χ2v) is 20.3. The Bertz CT molecular complexity index is 1380. The summed E-state index contributed by atoms with van der Waals surface area (Å²) in [6.45, 7) is 6.45. The first-order chi connectivity index (χ1) is 35.5. The zero-order valence-corrected chi connectivity index (χ0v) is 47.4. The highest BCUT2D eigenvalue weighted by Gasteiger charge is 2.19. The minimum atomic E-state index is -0.829. The van der Waals surface area contributed by atoms with Gasteiger partial charge in [-0.1, -0.05) is 286 Å². The summed E-state index contributed by atoms with van der Waals surface area (Å²) in [6, 6.07) is 0. The third kappa shape index (κ3) is 57.5. The van der Waals surface area contributed by atoms with E-state index in [1.807, 2.05) is 6.08 Å². The van der Waals surface area contributed by atoms with Crippen LogP contribution in [-0.2, 0) is 28.6 Å². The number of carbonyl (C=O) groups is 3. The lowest BCUT2D eigenvalue weighted by Gasteiger charge is -2.18. The Morgan fingerprint density at radius 3 is 0.917 bits per heavy atom. The van der Waals surface area contributed by atoms with Gasteiger partial charge in [-0.25, -0.2) is 0 Å². The van der Waals surface area contributed by atoms with Gasteiger partial charge in [0.15, 0.2) is 6.10 Å². The molecule has 0 rings (SSSR count). The Morgan fingerprint density at radius 1 is 0.306 bits per heavy atom. The molecule has 414 valence electrons. The van der Waals surface area contributed by atoms with Crippen LogP contribution in [0.5, 0.6) is 0 Å². The van der Waals surface area contributed by atoms with E-state index < -0.39 is 12.1 Å².